The van der Waals surface area contributed by atoms with Crippen molar-refractivity contribution in [2.45, 2.75) is 78.9 Å². The maximum atomic E-state index is 13.6. The van der Waals surface area contributed by atoms with Crippen LogP contribution in [0.4, 0.5) is 5.69 Å². The van der Waals surface area contributed by atoms with Crippen LogP contribution in [-0.2, 0) is 26.2 Å². The first-order valence-electron chi connectivity index (χ1n) is 12.5. The number of nitrogens with zero attached hydrogens (tertiary/aromatic N) is 2. The molecule has 204 valence electrons. The number of carbonyl (C=O) groups excluding carboxylic acids is 2. The van der Waals surface area contributed by atoms with Gasteiger partial charge in [-0.3, -0.25) is 13.9 Å². The van der Waals surface area contributed by atoms with Crippen molar-refractivity contribution in [1.82, 2.24) is 10.2 Å². The molecule has 0 spiro atoms. The van der Waals surface area contributed by atoms with E-state index in [0.717, 1.165) is 16.7 Å². The third-order valence-corrected chi connectivity index (χ3v) is 7.52. The van der Waals surface area contributed by atoms with E-state index >= 15 is 0 Å². The molecule has 2 aromatic carbocycles. The molecule has 2 rings (SSSR count). The van der Waals surface area contributed by atoms with Crippen molar-refractivity contribution in [2.24, 2.45) is 0 Å². The minimum absolute atomic E-state index is 0.0840. The zero-order valence-electron chi connectivity index (χ0n) is 23.0. The molecule has 0 radical (unpaired) electrons. The van der Waals surface area contributed by atoms with Crippen LogP contribution in [0, 0.1) is 13.8 Å². The van der Waals surface area contributed by atoms with Gasteiger partial charge in [0.1, 0.15) is 6.04 Å². The first-order valence-corrected chi connectivity index (χ1v) is 14.8. The Bertz CT molecular complexity index is 1210. The van der Waals surface area contributed by atoms with E-state index in [1.807, 2.05) is 77.9 Å². The molecule has 0 unspecified atom stereocenters. The zero-order chi connectivity index (χ0) is 28.0. The van der Waals surface area contributed by atoms with Gasteiger partial charge < -0.3 is 10.2 Å². The second-order valence-corrected chi connectivity index (χ2v) is 12.8. The van der Waals surface area contributed by atoms with Crippen LogP contribution in [-0.4, -0.2) is 49.5 Å². The summed E-state index contributed by atoms with van der Waals surface area (Å²) in [5, 5.41) is 3.50. The van der Waals surface area contributed by atoms with Crippen LogP contribution in [0.1, 0.15) is 63.6 Å². The number of amides is 2. The van der Waals surface area contributed by atoms with E-state index in [1.54, 1.807) is 11.0 Å². The molecule has 0 fully saturated rings. The molecule has 1 N–H and O–H groups in total. The molecule has 0 bridgehead atoms. The van der Waals surface area contributed by atoms with Crippen LogP contribution >= 0.6 is 11.6 Å². The number of hydrogen-bond donors (Lipinski definition) is 1. The van der Waals surface area contributed by atoms with Crippen molar-refractivity contribution in [3.63, 3.8) is 0 Å². The van der Waals surface area contributed by atoms with E-state index in [9.17, 15) is 18.0 Å². The van der Waals surface area contributed by atoms with Gasteiger partial charge in [0.25, 0.3) is 0 Å². The summed E-state index contributed by atoms with van der Waals surface area (Å²) in [5.41, 5.74) is 2.69. The summed E-state index contributed by atoms with van der Waals surface area (Å²) in [7, 11) is -3.56. The number of sulfonamides is 1. The van der Waals surface area contributed by atoms with Crippen LogP contribution < -0.4 is 9.62 Å². The molecule has 2 amide bonds. The molecule has 37 heavy (non-hydrogen) atoms. The van der Waals surface area contributed by atoms with Crippen LogP contribution in [0.3, 0.4) is 0 Å². The number of nitrogens with one attached hydrogen (secondary N) is 1. The minimum Gasteiger partial charge on any atom is -0.350 e. The number of aryl methyl sites for hydroxylation is 2. The molecular formula is C28H40ClN3O4S. The summed E-state index contributed by atoms with van der Waals surface area (Å²) in [5.74, 6) is -0.464. The van der Waals surface area contributed by atoms with E-state index in [2.05, 4.69) is 5.32 Å². The third kappa shape index (κ3) is 9.04. The first kappa shape index (κ1) is 30.6. The highest BCUT2D eigenvalue weighted by Crippen LogP contribution is 2.25. The second-order valence-electron chi connectivity index (χ2n) is 10.5. The quantitative estimate of drug-likeness (QED) is 0.416. The zero-order valence-corrected chi connectivity index (χ0v) is 24.5. The molecule has 0 aliphatic heterocycles. The average molecular weight is 550 g/mol. The number of rotatable bonds is 11. The number of halogens is 1. The minimum atomic E-state index is -3.56. The van der Waals surface area contributed by atoms with Crippen LogP contribution in [0.25, 0.3) is 0 Å². The van der Waals surface area contributed by atoms with Crippen molar-refractivity contribution in [3.8, 4) is 0 Å². The lowest BCUT2D eigenvalue weighted by atomic mass is 10.0. The van der Waals surface area contributed by atoms with Gasteiger partial charge in [0.05, 0.1) is 11.9 Å². The number of carbonyl (C=O) groups is 2. The molecule has 0 aromatic heterocycles. The predicted molar refractivity (Wildman–Crippen MR) is 151 cm³/mol. The summed E-state index contributed by atoms with van der Waals surface area (Å²) >= 11 is 6.39. The van der Waals surface area contributed by atoms with Crippen molar-refractivity contribution >= 4 is 39.1 Å². The molecular weight excluding hydrogens is 510 g/mol. The summed E-state index contributed by atoms with van der Waals surface area (Å²) in [6.45, 7) is 11.7. The maximum Gasteiger partial charge on any atom is 0.243 e. The number of benzene rings is 2. The van der Waals surface area contributed by atoms with Crippen molar-refractivity contribution in [1.29, 1.82) is 0 Å². The predicted octanol–water partition coefficient (Wildman–Crippen LogP) is 5.23. The van der Waals surface area contributed by atoms with Gasteiger partial charge in [-0.05, 0) is 76.3 Å². The summed E-state index contributed by atoms with van der Waals surface area (Å²) < 4.78 is 26.6. The summed E-state index contributed by atoms with van der Waals surface area (Å²) in [6, 6.07) is 12.2. The fourth-order valence-electron chi connectivity index (χ4n) is 4.15. The van der Waals surface area contributed by atoms with Gasteiger partial charge in [-0.1, -0.05) is 48.9 Å². The van der Waals surface area contributed by atoms with Crippen molar-refractivity contribution in [2.75, 3.05) is 17.1 Å². The van der Waals surface area contributed by atoms with Gasteiger partial charge in [-0.15, -0.1) is 0 Å². The fourth-order valence-corrected chi connectivity index (χ4v) is 5.36. The van der Waals surface area contributed by atoms with Crippen LogP contribution in [0.2, 0.25) is 5.02 Å². The van der Waals surface area contributed by atoms with Crippen LogP contribution in [0.5, 0.6) is 0 Å². The highest BCUT2D eigenvalue weighted by Gasteiger charge is 2.31. The number of anilines is 1. The maximum absolute atomic E-state index is 13.6. The topological polar surface area (TPSA) is 86.8 Å². The molecule has 0 aliphatic rings. The molecule has 0 saturated carbocycles. The van der Waals surface area contributed by atoms with E-state index in [1.165, 1.54) is 10.6 Å². The van der Waals surface area contributed by atoms with Gasteiger partial charge >= 0.3 is 0 Å². The average Bonchev–Trinajstić information content (AvgIpc) is 2.77. The molecule has 0 aliphatic carbocycles. The van der Waals surface area contributed by atoms with Gasteiger partial charge in [0.15, 0.2) is 0 Å². The smallest absolute Gasteiger partial charge is 0.243 e. The Morgan fingerprint density at radius 3 is 2.30 bits per heavy atom. The lowest BCUT2D eigenvalue weighted by molar-refractivity contribution is -0.142. The van der Waals surface area contributed by atoms with Gasteiger partial charge in [0.2, 0.25) is 21.8 Å². The molecule has 0 saturated heterocycles. The molecule has 7 nitrogen and oxygen atoms in total. The van der Waals surface area contributed by atoms with Gasteiger partial charge in [-0.25, -0.2) is 8.42 Å². The Labute approximate surface area is 227 Å². The highest BCUT2D eigenvalue weighted by atomic mass is 35.5. The summed E-state index contributed by atoms with van der Waals surface area (Å²) in [6.07, 6.45) is 1.98. The third-order valence-electron chi connectivity index (χ3n) is 5.97. The van der Waals surface area contributed by atoms with Gasteiger partial charge in [0, 0.05) is 30.1 Å². The Morgan fingerprint density at radius 1 is 1.08 bits per heavy atom. The van der Waals surface area contributed by atoms with Crippen molar-refractivity contribution < 1.29 is 18.0 Å². The van der Waals surface area contributed by atoms with Crippen LogP contribution in [0.15, 0.2) is 42.5 Å². The summed E-state index contributed by atoms with van der Waals surface area (Å²) in [4.78, 5) is 28.3. The Balaban J connectivity index is 2.29. The lowest BCUT2D eigenvalue weighted by Gasteiger charge is -2.33. The second kappa shape index (κ2) is 12.8. The van der Waals surface area contributed by atoms with Gasteiger partial charge in [-0.2, -0.15) is 0 Å². The Hall–Kier alpha value is -2.58. The van der Waals surface area contributed by atoms with Crippen molar-refractivity contribution in [3.05, 3.63) is 64.2 Å². The standard InChI is InChI=1S/C28H40ClN3O4S/c1-8-24(27(34)30-28(4,5)6)31(19-22-12-9-10-13-23(22)29)26(33)14-11-17-32(37(7,35)36)25-18-20(2)15-16-21(25)3/h9-10,12-13,15-16,18,24H,8,11,14,17,19H2,1-7H3,(H,30,34)/t24-/m0/s1. The highest BCUT2D eigenvalue weighted by molar-refractivity contribution is 7.92. The molecule has 9 heteroatoms. The Kier molecular flexibility index (Phi) is 10.6. The van der Waals surface area contributed by atoms with E-state index in [-0.39, 0.29) is 31.3 Å². The lowest BCUT2D eigenvalue weighted by Crippen LogP contribution is -2.53. The normalized spacial score (nSPS) is 12.6. The SMILES string of the molecule is CC[C@@H](C(=O)NC(C)(C)C)N(Cc1ccccc1Cl)C(=O)CCCN(c1cc(C)ccc1C)S(C)(=O)=O. The molecule has 1 atom stereocenters. The fraction of sp³-hybridized carbons (Fsp3) is 0.500. The Morgan fingerprint density at radius 2 is 1.73 bits per heavy atom. The van der Waals surface area contributed by atoms with E-state index in [4.69, 9.17) is 11.6 Å². The van der Waals surface area contributed by atoms with E-state index in [0.29, 0.717) is 23.6 Å². The monoisotopic (exact) mass is 549 g/mol. The van der Waals surface area contributed by atoms with E-state index < -0.39 is 21.6 Å². The number of hydrogen-bond acceptors (Lipinski definition) is 4. The first-order chi connectivity index (χ1) is 17.1. The largest absolute Gasteiger partial charge is 0.350 e. The molecule has 2 aromatic rings. The molecule has 0 heterocycles.